The average molecular weight is 392 g/mol. The number of hydrogen-bond acceptors (Lipinski definition) is 6. The van der Waals surface area contributed by atoms with E-state index >= 15 is 0 Å². The van der Waals surface area contributed by atoms with Crippen LogP contribution in [0.4, 0.5) is 13.2 Å². The zero-order chi connectivity index (χ0) is 19.5. The Morgan fingerprint density at radius 3 is 2.54 bits per heavy atom. The maximum atomic E-state index is 12.6. The Kier molecular flexibility index (Phi) is 5.69. The molecule has 1 heterocycles. The van der Waals surface area contributed by atoms with Crippen LogP contribution < -0.4 is 4.18 Å². The van der Waals surface area contributed by atoms with Crippen molar-refractivity contribution >= 4 is 33.6 Å². The molecule has 26 heavy (non-hydrogen) atoms. The second kappa shape index (κ2) is 7.44. The van der Waals surface area contributed by atoms with Crippen molar-refractivity contribution in [2.45, 2.75) is 37.7 Å². The summed E-state index contributed by atoms with van der Waals surface area (Å²) < 4.78 is 65.7. The smallest absolute Gasteiger partial charge is 0.376 e. The van der Waals surface area contributed by atoms with E-state index in [0.29, 0.717) is 30.9 Å². The molecular formula is C15H15F3N2O5S. The van der Waals surface area contributed by atoms with Gasteiger partial charge in [-0.25, -0.2) is 0 Å². The summed E-state index contributed by atoms with van der Waals surface area (Å²) in [6, 6.07) is 1.67. The molecule has 2 rings (SSSR count). The number of rotatable bonds is 8. The largest absolute Gasteiger partial charge is 0.534 e. The van der Waals surface area contributed by atoms with E-state index < -0.39 is 27.4 Å². The van der Waals surface area contributed by atoms with Crippen LogP contribution >= 0.6 is 0 Å². The first-order valence-corrected chi connectivity index (χ1v) is 8.95. The normalized spacial score (nSPS) is 13.5. The van der Waals surface area contributed by atoms with E-state index in [1.54, 1.807) is 0 Å². The minimum Gasteiger partial charge on any atom is -0.376 e. The molecule has 142 valence electrons. The van der Waals surface area contributed by atoms with E-state index in [-0.39, 0.29) is 17.4 Å². The lowest BCUT2D eigenvalue weighted by Crippen LogP contribution is -2.28. The van der Waals surface area contributed by atoms with E-state index in [9.17, 15) is 31.2 Å². The van der Waals surface area contributed by atoms with Crippen molar-refractivity contribution in [3.8, 4) is 5.75 Å². The van der Waals surface area contributed by atoms with Crippen LogP contribution in [-0.2, 0) is 26.1 Å². The first-order valence-electron chi connectivity index (χ1n) is 7.55. The number of carbonyl (C=O) groups excluding carboxylic acids is 2. The summed E-state index contributed by atoms with van der Waals surface area (Å²) in [5, 5.41) is 4.41. The van der Waals surface area contributed by atoms with E-state index in [1.807, 2.05) is 6.92 Å². The molecule has 0 radical (unpaired) electrons. The lowest BCUT2D eigenvalue weighted by molar-refractivity contribution is -0.111. The third kappa shape index (κ3) is 3.87. The van der Waals surface area contributed by atoms with Gasteiger partial charge in [0.2, 0.25) is 0 Å². The number of alkyl halides is 3. The molecule has 0 saturated heterocycles. The lowest BCUT2D eigenvalue weighted by atomic mass is 10.1. The second-order valence-corrected chi connectivity index (χ2v) is 6.97. The van der Waals surface area contributed by atoms with Crippen molar-refractivity contribution in [1.29, 1.82) is 0 Å². The van der Waals surface area contributed by atoms with Gasteiger partial charge in [0.25, 0.3) is 0 Å². The molecule has 1 aromatic carbocycles. The van der Waals surface area contributed by atoms with Gasteiger partial charge in [0, 0.05) is 23.6 Å². The van der Waals surface area contributed by atoms with Gasteiger partial charge < -0.3 is 13.8 Å². The Labute approximate surface area is 146 Å². The van der Waals surface area contributed by atoms with E-state index in [0.717, 1.165) is 6.07 Å². The lowest BCUT2D eigenvalue weighted by Gasteiger charge is -2.12. The predicted octanol–water partition coefficient (Wildman–Crippen LogP) is 2.55. The Balaban J connectivity index is 2.58. The topological polar surface area (TPSA) is 95.3 Å². The van der Waals surface area contributed by atoms with Crippen LogP contribution in [0.25, 0.3) is 10.9 Å². The van der Waals surface area contributed by atoms with Crippen LogP contribution in [-0.4, -0.2) is 36.3 Å². The Morgan fingerprint density at radius 2 is 2.00 bits per heavy atom. The van der Waals surface area contributed by atoms with Crippen molar-refractivity contribution in [1.82, 2.24) is 9.78 Å². The summed E-state index contributed by atoms with van der Waals surface area (Å²) in [7, 11) is -5.88. The molecule has 2 aromatic rings. The van der Waals surface area contributed by atoms with Crippen LogP contribution in [0, 0.1) is 0 Å². The zero-order valence-corrected chi connectivity index (χ0v) is 14.4. The van der Waals surface area contributed by atoms with Gasteiger partial charge in [0.05, 0.1) is 5.52 Å². The fraction of sp³-hybridized carbons (Fsp3) is 0.400. The number of hydrogen-bond donors (Lipinski definition) is 0. The third-order valence-corrected chi connectivity index (χ3v) is 4.59. The minimum absolute atomic E-state index is 0.0577. The molecule has 0 aliphatic rings. The van der Waals surface area contributed by atoms with Gasteiger partial charge in [-0.15, -0.1) is 0 Å². The number of aldehydes is 2. The molecule has 1 aromatic heterocycles. The van der Waals surface area contributed by atoms with Crippen molar-refractivity contribution in [2.24, 2.45) is 0 Å². The van der Waals surface area contributed by atoms with Gasteiger partial charge in [-0.05, 0) is 18.6 Å². The Hall–Kier alpha value is -2.43. The van der Waals surface area contributed by atoms with E-state index in [2.05, 4.69) is 9.28 Å². The van der Waals surface area contributed by atoms with Crippen LogP contribution in [0.3, 0.4) is 0 Å². The average Bonchev–Trinajstić information content (AvgIpc) is 2.97. The summed E-state index contributed by atoms with van der Waals surface area (Å²) >= 11 is 0. The number of nitrogens with zero attached hydrogens (tertiary/aromatic N) is 2. The van der Waals surface area contributed by atoms with Crippen LogP contribution in [0.5, 0.6) is 5.75 Å². The van der Waals surface area contributed by atoms with Crippen LogP contribution in [0.1, 0.15) is 31.4 Å². The summed E-state index contributed by atoms with van der Waals surface area (Å²) in [6.45, 7) is 1.87. The van der Waals surface area contributed by atoms with Crippen molar-refractivity contribution in [2.75, 3.05) is 0 Å². The third-order valence-electron chi connectivity index (χ3n) is 3.63. The first-order chi connectivity index (χ1) is 12.1. The SMILES string of the molecule is CCCC(C=O)n1cc2c(CC=O)c(OS(=O)(=O)C(F)(F)F)ccc2n1. The highest BCUT2D eigenvalue weighted by molar-refractivity contribution is 7.88. The summed E-state index contributed by atoms with van der Waals surface area (Å²) in [6.07, 6.45) is 3.27. The van der Waals surface area contributed by atoms with Crippen molar-refractivity contribution in [3.05, 3.63) is 23.9 Å². The molecule has 1 unspecified atom stereocenters. The van der Waals surface area contributed by atoms with Crippen LogP contribution in [0.2, 0.25) is 0 Å². The molecule has 0 aliphatic heterocycles. The number of benzene rings is 1. The summed E-state index contributed by atoms with van der Waals surface area (Å²) in [4.78, 5) is 22.1. The number of aromatic nitrogens is 2. The molecule has 0 saturated carbocycles. The van der Waals surface area contributed by atoms with E-state index in [1.165, 1.54) is 16.9 Å². The van der Waals surface area contributed by atoms with Crippen molar-refractivity contribution in [3.63, 3.8) is 0 Å². The monoisotopic (exact) mass is 392 g/mol. The van der Waals surface area contributed by atoms with Gasteiger partial charge >= 0.3 is 15.6 Å². The highest BCUT2D eigenvalue weighted by atomic mass is 32.2. The van der Waals surface area contributed by atoms with Gasteiger partial charge in [-0.3, -0.25) is 4.68 Å². The maximum Gasteiger partial charge on any atom is 0.534 e. The molecule has 1 atom stereocenters. The molecule has 0 amide bonds. The number of halogens is 3. The molecule has 0 bridgehead atoms. The quantitative estimate of drug-likeness (QED) is 0.389. The highest BCUT2D eigenvalue weighted by Crippen LogP contribution is 2.33. The predicted molar refractivity (Wildman–Crippen MR) is 85.1 cm³/mol. The van der Waals surface area contributed by atoms with Gasteiger partial charge in [-0.1, -0.05) is 13.3 Å². The van der Waals surface area contributed by atoms with E-state index in [4.69, 9.17) is 0 Å². The molecule has 0 spiro atoms. The van der Waals surface area contributed by atoms with Crippen LogP contribution in [0.15, 0.2) is 18.3 Å². The summed E-state index contributed by atoms with van der Waals surface area (Å²) in [5.41, 5.74) is -5.37. The highest BCUT2D eigenvalue weighted by Gasteiger charge is 2.48. The second-order valence-electron chi connectivity index (χ2n) is 5.43. The number of fused-ring (bicyclic) bond motifs is 1. The maximum absolute atomic E-state index is 12.6. The fourth-order valence-electron chi connectivity index (χ4n) is 2.41. The van der Waals surface area contributed by atoms with Gasteiger partial charge in [0.1, 0.15) is 24.4 Å². The summed E-state index contributed by atoms with van der Waals surface area (Å²) in [5.74, 6) is -0.611. The molecule has 0 N–H and O–H groups in total. The molecule has 7 nitrogen and oxygen atoms in total. The molecule has 0 aliphatic carbocycles. The fourth-order valence-corrected chi connectivity index (χ4v) is 2.90. The Morgan fingerprint density at radius 1 is 1.31 bits per heavy atom. The van der Waals surface area contributed by atoms with Crippen molar-refractivity contribution < 1.29 is 35.4 Å². The first kappa shape index (κ1) is 19.9. The molecular weight excluding hydrogens is 377 g/mol. The zero-order valence-electron chi connectivity index (χ0n) is 13.6. The van der Waals surface area contributed by atoms with Gasteiger partial charge in [-0.2, -0.15) is 26.7 Å². The van der Waals surface area contributed by atoms with Gasteiger partial charge in [0.15, 0.2) is 0 Å². The molecule has 11 heteroatoms. The molecule has 0 fully saturated rings. The Bertz CT molecular complexity index is 921. The number of carbonyl (C=O) groups is 2. The minimum atomic E-state index is -5.88. The standard InChI is InChI=1S/C15H15F3N2O5S/c1-2-3-10(9-22)20-8-12-11(6-7-21)14(5-4-13(12)19-20)25-26(23,24)15(16,17)18/h4-5,7-10H,2-3,6H2,1H3.